The van der Waals surface area contributed by atoms with Crippen LogP contribution in [-0.4, -0.2) is 53.1 Å². The fourth-order valence-electron chi connectivity index (χ4n) is 1.96. The lowest BCUT2D eigenvalue weighted by Crippen LogP contribution is -2.39. The van der Waals surface area contributed by atoms with E-state index in [1.807, 2.05) is 0 Å². The predicted octanol–water partition coefficient (Wildman–Crippen LogP) is -0.119. The number of hydrogen-bond acceptors (Lipinski definition) is 6. The van der Waals surface area contributed by atoms with E-state index in [4.69, 9.17) is 19.3 Å². The van der Waals surface area contributed by atoms with E-state index in [2.05, 4.69) is 4.72 Å². The molecule has 8 heteroatoms. The normalized spacial score (nSPS) is 19.4. The first-order valence-corrected chi connectivity index (χ1v) is 8.02. The summed E-state index contributed by atoms with van der Waals surface area (Å²) in [5.41, 5.74) is 0.494. The molecule has 1 heterocycles. The molecule has 1 atom stereocenters. The first-order valence-electron chi connectivity index (χ1n) is 6.53. The second-order valence-electron chi connectivity index (χ2n) is 4.56. The Balaban J connectivity index is 2.14. The van der Waals surface area contributed by atoms with E-state index >= 15 is 0 Å². The molecule has 21 heavy (non-hydrogen) atoms. The second-order valence-corrected chi connectivity index (χ2v) is 6.30. The summed E-state index contributed by atoms with van der Waals surface area (Å²) in [6.45, 7) is 1.21. The van der Waals surface area contributed by atoms with Crippen LogP contribution < -0.4 is 9.46 Å². The van der Waals surface area contributed by atoms with Gasteiger partial charge in [0.05, 0.1) is 39.6 Å². The van der Waals surface area contributed by atoms with Crippen molar-refractivity contribution in [3.8, 4) is 5.75 Å². The van der Waals surface area contributed by atoms with Gasteiger partial charge in [0.1, 0.15) is 10.6 Å². The van der Waals surface area contributed by atoms with Crippen LogP contribution in [0.2, 0.25) is 0 Å². The molecule has 1 aromatic rings. The number of rotatable bonds is 6. The van der Waals surface area contributed by atoms with Gasteiger partial charge in [-0.25, -0.2) is 13.1 Å². The third kappa shape index (κ3) is 4.14. The van der Waals surface area contributed by atoms with E-state index in [1.165, 1.54) is 19.2 Å². The molecule has 1 aliphatic rings. The van der Waals surface area contributed by atoms with Gasteiger partial charge in [-0.1, -0.05) is 6.07 Å². The standard InChI is InChI=1S/C13H19NO6S/c1-18-12-3-2-10(8-15)6-13(12)21(16,17)14-7-11-9-19-4-5-20-11/h2-3,6,11,14-15H,4-5,7-9H2,1H3. The van der Waals surface area contributed by atoms with Crippen molar-refractivity contribution in [3.63, 3.8) is 0 Å². The zero-order valence-corrected chi connectivity index (χ0v) is 12.6. The Bertz CT molecular complexity index is 568. The summed E-state index contributed by atoms with van der Waals surface area (Å²) >= 11 is 0. The molecule has 1 unspecified atom stereocenters. The monoisotopic (exact) mass is 317 g/mol. The molecule has 2 rings (SSSR count). The SMILES string of the molecule is COc1ccc(CO)cc1S(=O)(=O)NCC1COCCO1. The minimum absolute atomic E-state index is 0.00622. The van der Waals surface area contributed by atoms with Gasteiger partial charge in [0.15, 0.2) is 0 Å². The summed E-state index contributed by atoms with van der Waals surface area (Å²) in [7, 11) is -2.36. The fourth-order valence-corrected chi connectivity index (χ4v) is 3.25. The highest BCUT2D eigenvalue weighted by Gasteiger charge is 2.23. The fraction of sp³-hybridized carbons (Fsp3) is 0.538. The van der Waals surface area contributed by atoms with Gasteiger partial charge in [-0.15, -0.1) is 0 Å². The second kappa shape index (κ2) is 7.19. The van der Waals surface area contributed by atoms with Crippen LogP contribution in [0.1, 0.15) is 5.56 Å². The van der Waals surface area contributed by atoms with E-state index in [9.17, 15) is 8.42 Å². The molecule has 0 spiro atoms. The molecule has 2 N–H and O–H groups in total. The lowest BCUT2D eigenvalue weighted by molar-refractivity contribution is -0.0846. The van der Waals surface area contributed by atoms with Crippen molar-refractivity contribution in [2.24, 2.45) is 0 Å². The molecule has 0 radical (unpaired) electrons. The lowest BCUT2D eigenvalue weighted by atomic mass is 10.2. The summed E-state index contributed by atoms with van der Waals surface area (Å²) in [4.78, 5) is -0.00622. The maximum atomic E-state index is 12.4. The van der Waals surface area contributed by atoms with Gasteiger partial charge in [0.2, 0.25) is 10.0 Å². The maximum absolute atomic E-state index is 12.4. The van der Waals surface area contributed by atoms with Gasteiger partial charge in [-0.3, -0.25) is 0 Å². The number of benzene rings is 1. The van der Waals surface area contributed by atoms with E-state index in [0.29, 0.717) is 25.4 Å². The third-order valence-corrected chi connectivity index (χ3v) is 4.53. The van der Waals surface area contributed by atoms with Crippen LogP contribution in [0.15, 0.2) is 23.1 Å². The summed E-state index contributed by atoms with van der Waals surface area (Å²) in [5.74, 6) is 0.223. The maximum Gasteiger partial charge on any atom is 0.244 e. The van der Waals surface area contributed by atoms with Crippen molar-refractivity contribution in [2.75, 3.05) is 33.5 Å². The quantitative estimate of drug-likeness (QED) is 0.760. The Hall–Kier alpha value is -1.19. The lowest BCUT2D eigenvalue weighted by Gasteiger charge is -2.23. The molecule has 0 saturated carbocycles. The zero-order chi connectivity index (χ0) is 15.3. The molecule has 0 aliphatic carbocycles. The number of hydrogen-bond donors (Lipinski definition) is 2. The molecular weight excluding hydrogens is 298 g/mol. The van der Waals surface area contributed by atoms with Crippen molar-refractivity contribution >= 4 is 10.0 Å². The number of nitrogens with one attached hydrogen (secondary N) is 1. The van der Waals surface area contributed by atoms with Crippen LogP contribution >= 0.6 is 0 Å². The van der Waals surface area contributed by atoms with E-state index < -0.39 is 10.0 Å². The number of sulfonamides is 1. The van der Waals surface area contributed by atoms with Crippen molar-refractivity contribution in [2.45, 2.75) is 17.6 Å². The molecule has 1 saturated heterocycles. The summed E-state index contributed by atoms with van der Waals surface area (Å²) in [6.07, 6.45) is -0.305. The largest absolute Gasteiger partial charge is 0.495 e. The number of aliphatic hydroxyl groups is 1. The zero-order valence-electron chi connectivity index (χ0n) is 11.7. The summed E-state index contributed by atoms with van der Waals surface area (Å²) < 4.78 is 42.9. The van der Waals surface area contributed by atoms with Crippen LogP contribution in [0.25, 0.3) is 0 Å². The number of aliphatic hydroxyl groups excluding tert-OH is 1. The topological polar surface area (TPSA) is 94.1 Å². The Morgan fingerprint density at radius 2 is 2.24 bits per heavy atom. The first-order chi connectivity index (χ1) is 10.1. The van der Waals surface area contributed by atoms with Crippen molar-refractivity contribution in [1.29, 1.82) is 0 Å². The first kappa shape index (κ1) is 16.2. The summed E-state index contributed by atoms with van der Waals surface area (Å²) in [5, 5.41) is 9.13. The van der Waals surface area contributed by atoms with Crippen LogP contribution in [0, 0.1) is 0 Å². The number of ether oxygens (including phenoxy) is 3. The average molecular weight is 317 g/mol. The van der Waals surface area contributed by atoms with Crippen LogP contribution in [0.5, 0.6) is 5.75 Å². The van der Waals surface area contributed by atoms with Gasteiger partial charge in [0.25, 0.3) is 0 Å². The van der Waals surface area contributed by atoms with Gasteiger partial charge in [-0.2, -0.15) is 0 Å². The summed E-state index contributed by atoms with van der Waals surface area (Å²) in [6, 6.07) is 4.51. The minimum Gasteiger partial charge on any atom is -0.495 e. The van der Waals surface area contributed by atoms with Crippen LogP contribution in [-0.2, 0) is 26.1 Å². The Morgan fingerprint density at radius 1 is 1.43 bits per heavy atom. The van der Waals surface area contributed by atoms with E-state index in [0.717, 1.165) is 0 Å². The van der Waals surface area contributed by atoms with Gasteiger partial charge in [-0.05, 0) is 17.7 Å². The van der Waals surface area contributed by atoms with Gasteiger partial charge in [0, 0.05) is 6.54 Å². The molecule has 0 aromatic heterocycles. The minimum atomic E-state index is -3.76. The molecule has 7 nitrogen and oxygen atoms in total. The van der Waals surface area contributed by atoms with Crippen molar-refractivity contribution in [3.05, 3.63) is 23.8 Å². The van der Waals surface area contributed by atoms with Crippen LogP contribution in [0.4, 0.5) is 0 Å². The van der Waals surface area contributed by atoms with Crippen LogP contribution in [0.3, 0.4) is 0 Å². The molecule has 1 aliphatic heterocycles. The van der Waals surface area contributed by atoms with E-state index in [-0.39, 0.29) is 29.9 Å². The predicted molar refractivity (Wildman–Crippen MR) is 74.7 cm³/mol. The molecule has 1 aromatic carbocycles. The van der Waals surface area contributed by atoms with Gasteiger partial charge < -0.3 is 19.3 Å². The highest BCUT2D eigenvalue weighted by molar-refractivity contribution is 7.89. The Labute approximate surface area is 123 Å². The van der Waals surface area contributed by atoms with Crippen molar-refractivity contribution < 1.29 is 27.7 Å². The highest BCUT2D eigenvalue weighted by atomic mass is 32.2. The average Bonchev–Trinajstić information content (AvgIpc) is 2.53. The van der Waals surface area contributed by atoms with E-state index in [1.54, 1.807) is 6.07 Å². The molecule has 0 amide bonds. The Kier molecular flexibility index (Phi) is 5.54. The molecule has 0 bridgehead atoms. The number of methoxy groups -OCH3 is 1. The molecule has 118 valence electrons. The smallest absolute Gasteiger partial charge is 0.244 e. The molecule has 1 fully saturated rings. The third-order valence-electron chi connectivity index (χ3n) is 3.09. The van der Waals surface area contributed by atoms with Gasteiger partial charge >= 0.3 is 0 Å². The highest BCUT2D eigenvalue weighted by Crippen LogP contribution is 2.24. The Morgan fingerprint density at radius 3 is 2.86 bits per heavy atom. The molecular formula is C13H19NO6S. The van der Waals surface area contributed by atoms with Crippen molar-refractivity contribution in [1.82, 2.24) is 4.72 Å².